The van der Waals surface area contributed by atoms with Crippen LogP contribution in [0.4, 0.5) is 5.95 Å². The second-order valence-electron chi connectivity index (χ2n) is 4.69. The van der Waals surface area contributed by atoms with E-state index in [0.717, 1.165) is 5.69 Å². The molecule has 1 heterocycles. The molecule has 0 aliphatic heterocycles. The molecule has 0 amide bonds. The Morgan fingerprint density at radius 1 is 1.46 bits per heavy atom. The second-order valence-corrected chi connectivity index (χ2v) is 4.69. The van der Waals surface area contributed by atoms with Gasteiger partial charge in [0.05, 0.1) is 5.69 Å². The number of rotatable bonds is 1. The van der Waals surface area contributed by atoms with Crippen molar-refractivity contribution in [3.05, 3.63) is 11.9 Å². The first kappa shape index (κ1) is 10.1. The zero-order valence-electron chi connectivity index (χ0n) is 9.13. The average molecular weight is 181 g/mol. The van der Waals surface area contributed by atoms with Gasteiger partial charge in [0.1, 0.15) is 0 Å². The van der Waals surface area contributed by atoms with Crippen molar-refractivity contribution in [3.8, 4) is 0 Å². The van der Waals surface area contributed by atoms with Crippen molar-refractivity contribution in [3.63, 3.8) is 0 Å². The molecule has 1 aromatic heterocycles. The minimum atomic E-state index is 0.210. The Hall–Kier alpha value is -0.990. The van der Waals surface area contributed by atoms with E-state index in [-0.39, 0.29) is 5.41 Å². The number of nitrogens with two attached hydrogens (primary N) is 1. The fourth-order valence-corrected chi connectivity index (χ4v) is 1.26. The standard InChI is InChI=1S/C10H19N3/c1-7-6-13(9(11)12-7)8(2)10(3,4)5/h6,8H,1-5H3,(H2,11,12). The molecule has 1 rings (SSSR count). The molecule has 13 heavy (non-hydrogen) atoms. The van der Waals surface area contributed by atoms with Gasteiger partial charge in [0.2, 0.25) is 5.95 Å². The van der Waals surface area contributed by atoms with Crippen molar-refractivity contribution in [2.24, 2.45) is 5.41 Å². The fraction of sp³-hybridized carbons (Fsp3) is 0.700. The van der Waals surface area contributed by atoms with E-state index in [9.17, 15) is 0 Å². The van der Waals surface area contributed by atoms with Crippen LogP contribution in [0.15, 0.2) is 6.20 Å². The Bertz CT molecular complexity index is 294. The molecule has 1 aromatic rings. The number of imidazole rings is 1. The number of nitrogens with zero attached hydrogens (tertiary/aromatic N) is 2. The van der Waals surface area contributed by atoms with Crippen LogP contribution in [0.5, 0.6) is 0 Å². The van der Waals surface area contributed by atoms with Crippen LogP contribution in [0.25, 0.3) is 0 Å². The first-order valence-corrected chi connectivity index (χ1v) is 4.63. The van der Waals surface area contributed by atoms with E-state index in [1.807, 2.05) is 17.7 Å². The summed E-state index contributed by atoms with van der Waals surface area (Å²) < 4.78 is 2.04. The van der Waals surface area contributed by atoms with Crippen molar-refractivity contribution in [2.45, 2.75) is 40.7 Å². The molecule has 0 spiro atoms. The number of aryl methyl sites for hydroxylation is 1. The highest BCUT2D eigenvalue weighted by molar-refractivity contribution is 5.22. The van der Waals surface area contributed by atoms with E-state index < -0.39 is 0 Å². The summed E-state index contributed by atoms with van der Waals surface area (Å²) in [6, 6.07) is 0.369. The van der Waals surface area contributed by atoms with E-state index in [2.05, 4.69) is 32.7 Å². The Kier molecular flexibility index (Phi) is 2.37. The maximum absolute atomic E-state index is 5.79. The molecular weight excluding hydrogens is 162 g/mol. The van der Waals surface area contributed by atoms with Crippen LogP contribution < -0.4 is 5.73 Å². The molecule has 0 bridgehead atoms. The van der Waals surface area contributed by atoms with Gasteiger partial charge in [-0.2, -0.15) is 0 Å². The summed E-state index contributed by atoms with van der Waals surface area (Å²) in [5.41, 5.74) is 6.98. The molecule has 0 fully saturated rings. The quantitative estimate of drug-likeness (QED) is 0.723. The Labute approximate surface area is 80.0 Å². The summed E-state index contributed by atoms with van der Waals surface area (Å²) in [6.45, 7) is 10.7. The first-order chi connectivity index (χ1) is 5.82. The average Bonchev–Trinajstić information content (AvgIpc) is 2.26. The van der Waals surface area contributed by atoms with Crippen molar-refractivity contribution in [2.75, 3.05) is 5.73 Å². The molecule has 0 radical (unpaired) electrons. The minimum absolute atomic E-state index is 0.210. The Morgan fingerprint density at radius 3 is 2.31 bits per heavy atom. The topological polar surface area (TPSA) is 43.8 Å². The maximum atomic E-state index is 5.79. The van der Waals surface area contributed by atoms with Gasteiger partial charge in [-0.05, 0) is 19.3 Å². The summed E-state index contributed by atoms with van der Waals surface area (Å²) >= 11 is 0. The van der Waals surface area contributed by atoms with Crippen LogP contribution >= 0.6 is 0 Å². The first-order valence-electron chi connectivity index (χ1n) is 4.63. The van der Waals surface area contributed by atoms with Gasteiger partial charge in [-0.25, -0.2) is 4.98 Å². The largest absolute Gasteiger partial charge is 0.369 e. The van der Waals surface area contributed by atoms with Crippen LogP contribution in [0.1, 0.15) is 39.4 Å². The van der Waals surface area contributed by atoms with E-state index in [0.29, 0.717) is 12.0 Å². The lowest BCUT2D eigenvalue weighted by atomic mass is 9.88. The lowest BCUT2D eigenvalue weighted by Crippen LogP contribution is -2.22. The fourth-order valence-electron chi connectivity index (χ4n) is 1.26. The zero-order chi connectivity index (χ0) is 10.2. The van der Waals surface area contributed by atoms with Crippen LogP contribution in [-0.4, -0.2) is 9.55 Å². The van der Waals surface area contributed by atoms with E-state index in [1.165, 1.54) is 0 Å². The van der Waals surface area contributed by atoms with Crippen molar-refractivity contribution >= 4 is 5.95 Å². The monoisotopic (exact) mass is 181 g/mol. The highest BCUT2D eigenvalue weighted by Gasteiger charge is 2.23. The summed E-state index contributed by atoms with van der Waals surface area (Å²) in [5.74, 6) is 0.611. The second kappa shape index (κ2) is 3.05. The van der Waals surface area contributed by atoms with Gasteiger partial charge in [0.15, 0.2) is 0 Å². The predicted molar refractivity (Wildman–Crippen MR) is 55.5 cm³/mol. The van der Waals surface area contributed by atoms with Crippen LogP contribution in [0, 0.1) is 12.3 Å². The summed E-state index contributed by atoms with van der Waals surface area (Å²) in [6.07, 6.45) is 2.01. The van der Waals surface area contributed by atoms with Gasteiger partial charge in [-0.15, -0.1) is 0 Å². The number of anilines is 1. The SMILES string of the molecule is Cc1cn(C(C)C(C)(C)C)c(N)n1. The van der Waals surface area contributed by atoms with E-state index in [4.69, 9.17) is 5.73 Å². The lowest BCUT2D eigenvalue weighted by molar-refractivity contribution is 0.265. The summed E-state index contributed by atoms with van der Waals surface area (Å²) in [7, 11) is 0. The number of aromatic nitrogens is 2. The van der Waals surface area contributed by atoms with Gasteiger partial charge in [0, 0.05) is 12.2 Å². The van der Waals surface area contributed by atoms with Crippen molar-refractivity contribution in [1.82, 2.24) is 9.55 Å². The molecule has 0 saturated carbocycles. The zero-order valence-corrected chi connectivity index (χ0v) is 9.13. The Morgan fingerprint density at radius 2 is 2.00 bits per heavy atom. The number of nitrogen functional groups attached to an aromatic ring is 1. The van der Waals surface area contributed by atoms with Gasteiger partial charge in [-0.1, -0.05) is 20.8 Å². The molecule has 3 nitrogen and oxygen atoms in total. The Balaban J connectivity index is 3.01. The van der Waals surface area contributed by atoms with Gasteiger partial charge < -0.3 is 10.3 Å². The molecule has 1 atom stereocenters. The highest BCUT2D eigenvalue weighted by Crippen LogP contribution is 2.31. The predicted octanol–water partition coefficient (Wildman–Crippen LogP) is 2.38. The highest BCUT2D eigenvalue weighted by atomic mass is 15.2. The molecule has 0 aliphatic carbocycles. The van der Waals surface area contributed by atoms with Crippen LogP contribution in [0.3, 0.4) is 0 Å². The summed E-state index contributed by atoms with van der Waals surface area (Å²) in [5, 5.41) is 0. The lowest BCUT2D eigenvalue weighted by Gasteiger charge is -2.28. The van der Waals surface area contributed by atoms with Crippen LogP contribution in [0.2, 0.25) is 0 Å². The molecule has 74 valence electrons. The van der Waals surface area contributed by atoms with Crippen molar-refractivity contribution in [1.29, 1.82) is 0 Å². The normalized spacial score (nSPS) is 14.5. The van der Waals surface area contributed by atoms with E-state index >= 15 is 0 Å². The number of hydrogen-bond donors (Lipinski definition) is 1. The van der Waals surface area contributed by atoms with Crippen LogP contribution in [-0.2, 0) is 0 Å². The molecule has 0 saturated heterocycles. The van der Waals surface area contributed by atoms with Crippen molar-refractivity contribution < 1.29 is 0 Å². The minimum Gasteiger partial charge on any atom is -0.369 e. The number of hydrogen-bond acceptors (Lipinski definition) is 2. The van der Waals surface area contributed by atoms with Gasteiger partial charge >= 0.3 is 0 Å². The third-order valence-electron chi connectivity index (χ3n) is 2.55. The van der Waals surface area contributed by atoms with E-state index in [1.54, 1.807) is 0 Å². The molecule has 2 N–H and O–H groups in total. The molecule has 0 aliphatic rings. The summed E-state index contributed by atoms with van der Waals surface area (Å²) in [4.78, 5) is 4.19. The van der Waals surface area contributed by atoms with Gasteiger partial charge in [0.25, 0.3) is 0 Å². The molecule has 0 aromatic carbocycles. The molecular formula is C10H19N3. The maximum Gasteiger partial charge on any atom is 0.200 e. The third kappa shape index (κ3) is 2.02. The third-order valence-corrected chi connectivity index (χ3v) is 2.55. The smallest absolute Gasteiger partial charge is 0.200 e. The van der Waals surface area contributed by atoms with Gasteiger partial charge in [-0.3, -0.25) is 0 Å². The molecule has 1 unspecified atom stereocenters. The molecule has 3 heteroatoms.